The summed E-state index contributed by atoms with van der Waals surface area (Å²) in [4.78, 5) is 12.8. The average molecular weight is 325 g/mol. The molecule has 0 saturated heterocycles. The SMILES string of the molecule is CC(=O)c1cc(Br)ccc1Sc1ccccc1F. The fourth-order valence-electron chi connectivity index (χ4n) is 1.51. The third-order valence-corrected chi connectivity index (χ3v) is 4.00. The summed E-state index contributed by atoms with van der Waals surface area (Å²) in [7, 11) is 0. The molecule has 2 aromatic rings. The minimum Gasteiger partial charge on any atom is -0.294 e. The zero-order valence-corrected chi connectivity index (χ0v) is 12.0. The molecule has 0 heterocycles. The molecule has 2 aromatic carbocycles. The predicted octanol–water partition coefficient (Wildman–Crippen LogP) is 4.94. The van der Waals surface area contributed by atoms with Gasteiger partial charge in [-0.05, 0) is 37.3 Å². The summed E-state index contributed by atoms with van der Waals surface area (Å²) in [6, 6.07) is 11.9. The van der Waals surface area contributed by atoms with Crippen molar-refractivity contribution in [1.82, 2.24) is 0 Å². The summed E-state index contributed by atoms with van der Waals surface area (Å²) in [5, 5.41) is 0. The van der Waals surface area contributed by atoms with Gasteiger partial charge >= 0.3 is 0 Å². The van der Waals surface area contributed by atoms with Crippen molar-refractivity contribution in [2.24, 2.45) is 0 Å². The van der Waals surface area contributed by atoms with Crippen molar-refractivity contribution in [2.45, 2.75) is 16.7 Å². The molecule has 0 saturated carbocycles. The zero-order chi connectivity index (χ0) is 13.1. The quantitative estimate of drug-likeness (QED) is 0.744. The van der Waals surface area contributed by atoms with Crippen LogP contribution in [0.5, 0.6) is 0 Å². The van der Waals surface area contributed by atoms with Crippen molar-refractivity contribution >= 4 is 33.5 Å². The molecule has 0 fully saturated rings. The highest BCUT2D eigenvalue weighted by molar-refractivity contribution is 9.10. The molecular weight excluding hydrogens is 315 g/mol. The van der Waals surface area contributed by atoms with E-state index in [-0.39, 0.29) is 11.6 Å². The van der Waals surface area contributed by atoms with E-state index in [9.17, 15) is 9.18 Å². The molecule has 0 atom stereocenters. The van der Waals surface area contributed by atoms with E-state index in [1.165, 1.54) is 24.8 Å². The van der Waals surface area contributed by atoms with Gasteiger partial charge in [-0.15, -0.1) is 0 Å². The van der Waals surface area contributed by atoms with Crippen LogP contribution < -0.4 is 0 Å². The first kappa shape index (κ1) is 13.3. The number of Topliss-reactive ketones (excluding diaryl/α,β-unsaturated/α-hetero) is 1. The standard InChI is InChI=1S/C14H10BrFOS/c1-9(17)11-8-10(15)6-7-13(11)18-14-5-3-2-4-12(14)16/h2-8H,1H3. The molecule has 18 heavy (non-hydrogen) atoms. The Morgan fingerprint density at radius 1 is 1.17 bits per heavy atom. The lowest BCUT2D eigenvalue weighted by Gasteiger charge is -2.08. The van der Waals surface area contributed by atoms with Crippen LogP contribution >= 0.6 is 27.7 Å². The summed E-state index contributed by atoms with van der Waals surface area (Å²) in [6.45, 7) is 1.51. The largest absolute Gasteiger partial charge is 0.294 e. The summed E-state index contributed by atoms with van der Waals surface area (Å²) < 4.78 is 14.4. The van der Waals surface area contributed by atoms with Crippen molar-refractivity contribution in [2.75, 3.05) is 0 Å². The van der Waals surface area contributed by atoms with Crippen molar-refractivity contribution in [1.29, 1.82) is 0 Å². The van der Waals surface area contributed by atoms with E-state index in [0.717, 1.165) is 9.37 Å². The van der Waals surface area contributed by atoms with Crippen LogP contribution in [0.15, 0.2) is 56.7 Å². The molecule has 0 unspecified atom stereocenters. The zero-order valence-electron chi connectivity index (χ0n) is 9.61. The van der Waals surface area contributed by atoms with E-state index >= 15 is 0 Å². The van der Waals surface area contributed by atoms with E-state index in [1.54, 1.807) is 24.3 Å². The lowest BCUT2D eigenvalue weighted by atomic mass is 10.1. The summed E-state index contributed by atoms with van der Waals surface area (Å²) in [6.07, 6.45) is 0. The molecule has 1 nitrogen and oxygen atoms in total. The van der Waals surface area contributed by atoms with E-state index in [4.69, 9.17) is 0 Å². The van der Waals surface area contributed by atoms with Crippen LogP contribution in [-0.2, 0) is 0 Å². The molecule has 92 valence electrons. The summed E-state index contributed by atoms with van der Waals surface area (Å²) in [5.74, 6) is -0.310. The summed E-state index contributed by atoms with van der Waals surface area (Å²) >= 11 is 4.59. The van der Waals surface area contributed by atoms with Gasteiger partial charge in [-0.25, -0.2) is 4.39 Å². The Kier molecular flexibility index (Phi) is 4.19. The first-order chi connectivity index (χ1) is 8.58. The van der Waals surface area contributed by atoms with E-state index < -0.39 is 0 Å². The number of hydrogen-bond donors (Lipinski definition) is 0. The first-order valence-corrected chi connectivity index (χ1v) is 6.92. The fraction of sp³-hybridized carbons (Fsp3) is 0.0714. The van der Waals surface area contributed by atoms with E-state index in [1.807, 2.05) is 12.1 Å². The maximum absolute atomic E-state index is 13.6. The van der Waals surface area contributed by atoms with Gasteiger partial charge in [-0.1, -0.05) is 39.8 Å². The smallest absolute Gasteiger partial charge is 0.160 e. The van der Waals surface area contributed by atoms with Crippen molar-refractivity contribution in [3.63, 3.8) is 0 Å². The highest BCUT2D eigenvalue weighted by atomic mass is 79.9. The van der Waals surface area contributed by atoms with Crippen molar-refractivity contribution in [3.05, 3.63) is 58.3 Å². The second kappa shape index (κ2) is 5.67. The molecule has 0 aliphatic carbocycles. The Labute approximate surface area is 118 Å². The predicted molar refractivity (Wildman–Crippen MR) is 74.7 cm³/mol. The van der Waals surface area contributed by atoms with Gasteiger partial charge in [-0.2, -0.15) is 0 Å². The Morgan fingerprint density at radius 2 is 1.89 bits per heavy atom. The minimum atomic E-state index is -0.278. The lowest BCUT2D eigenvalue weighted by Crippen LogP contribution is -1.95. The molecule has 0 N–H and O–H groups in total. The number of rotatable bonds is 3. The highest BCUT2D eigenvalue weighted by Gasteiger charge is 2.11. The Morgan fingerprint density at radius 3 is 2.56 bits per heavy atom. The number of ketones is 1. The average Bonchev–Trinajstić information content (AvgIpc) is 2.34. The molecule has 4 heteroatoms. The molecule has 0 bridgehead atoms. The molecule has 2 rings (SSSR count). The van der Waals surface area contributed by atoms with Crippen LogP contribution in [0.25, 0.3) is 0 Å². The van der Waals surface area contributed by atoms with Crippen molar-refractivity contribution < 1.29 is 9.18 Å². The second-order valence-electron chi connectivity index (χ2n) is 3.73. The van der Waals surface area contributed by atoms with Crippen LogP contribution in [0.1, 0.15) is 17.3 Å². The Balaban J connectivity index is 2.41. The third-order valence-electron chi connectivity index (χ3n) is 2.38. The maximum atomic E-state index is 13.6. The number of carbonyl (C=O) groups is 1. The maximum Gasteiger partial charge on any atom is 0.160 e. The lowest BCUT2D eigenvalue weighted by molar-refractivity contribution is 0.101. The van der Waals surface area contributed by atoms with Crippen LogP contribution in [-0.4, -0.2) is 5.78 Å². The normalized spacial score (nSPS) is 10.4. The second-order valence-corrected chi connectivity index (χ2v) is 5.73. The molecule has 0 amide bonds. The van der Waals surface area contributed by atoms with E-state index in [2.05, 4.69) is 15.9 Å². The minimum absolute atomic E-state index is 0.0323. The number of hydrogen-bond acceptors (Lipinski definition) is 2. The monoisotopic (exact) mass is 324 g/mol. The number of benzene rings is 2. The first-order valence-electron chi connectivity index (χ1n) is 5.31. The molecular formula is C14H10BrFOS. The molecule has 0 radical (unpaired) electrons. The Bertz CT molecular complexity index is 598. The number of halogens is 2. The summed E-state index contributed by atoms with van der Waals surface area (Å²) in [5.41, 5.74) is 0.595. The van der Waals surface area contributed by atoms with Gasteiger partial charge in [0.1, 0.15) is 5.82 Å². The van der Waals surface area contributed by atoms with Gasteiger partial charge in [0, 0.05) is 19.8 Å². The van der Waals surface area contributed by atoms with Crippen LogP contribution in [0.2, 0.25) is 0 Å². The van der Waals surface area contributed by atoms with E-state index in [0.29, 0.717) is 10.5 Å². The van der Waals surface area contributed by atoms with Gasteiger partial charge in [0.15, 0.2) is 5.78 Å². The van der Waals surface area contributed by atoms with Gasteiger partial charge in [0.25, 0.3) is 0 Å². The molecule has 0 aliphatic heterocycles. The number of carbonyl (C=O) groups excluding carboxylic acids is 1. The van der Waals surface area contributed by atoms with Gasteiger partial charge < -0.3 is 0 Å². The van der Waals surface area contributed by atoms with Gasteiger partial charge in [-0.3, -0.25) is 4.79 Å². The molecule has 0 aliphatic rings. The fourth-order valence-corrected chi connectivity index (χ4v) is 2.87. The molecule has 0 spiro atoms. The van der Waals surface area contributed by atoms with Gasteiger partial charge in [0.2, 0.25) is 0 Å². The topological polar surface area (TPSA) is 17.1 Å². The Hall–Kier alpha value is -1.13. The van der Waals surface area contributed by atoms with Crippen molar-refractivity contribution in [3.8, 4) is 0 Å². The molecule has 0 aromatic heterocycles. The van der Waals surface area contributed by atoms with Crippen LogP contribution in [0, 0.1) is 5.82 Å². The van der Waals surface area contributed by atoms with Gasteiger partial charge in [0.05, 0.1) is 0 Å². The van der Waals surface area contributed by atoms with Crippen LogP contribution in [0.4, 0.5) is 4.39 Å². The highest BCUT2D eigenvalue weighted by Crippen LogP contribution is 2.33. The third kappa shape index (κ3) is 3.00. The van der Waals surface area contributed by atoms with Crippen LogP contribution in [0.3, 0.4) is 0 Å².